The highest BCUT2D eigenvalue weighted by atomic mass is 16.4. The summed E-state index contributed by atoms with van der Waals surface area (Å²) in [7, 11) is 0. The highest BCUT2D eigenvalue weighted by Crippen LogP contribution is 2.31. The van der Waals surface area contributed by atoms with Gasteiger partial charge in [-0.1, -0.05) is 0 Å². The van der Waals surface area contributed by atoms with Crippen molar-refractivity contribution in [3.05, 3.63) is 30.1 Å². The van der Waals surface area contributed by atoms with Crippen LogP contribution in [0.4, 0.5) is 0 Å². The average molecular weight is 248 g/mol. The Morgan fingerprint density at radius 3 is 2.56 bits per heavy atom. The summed E-state index contributed by atoms with van der Waals surface area (Å²) in [5, 5.41) is 9.13. The van der Waals surface area contributed by atoms with E-state index in [1.54, 1.807) is 30.2 Å². The van der Waals surface area contributed by atoms with E-state index in [0.717, 1.165) is 0 Å². The van der Waals surface area contributed by atoms with Crippen molar-refractivity contribution in [1.29, 1.82) is 0 Å². The smallest absolute Gasteiger partial charge is 0.309 e. The van der Waals surface area contributed by atoms with E-state index in [1.165, 1.54) is 6.20 Å². The molecule has 0 spiro atoms. The summed E-state index contributed by atoms with van der Waals surface area (Å²) in [6.07, 6.45) is 4.14. The first-order valence-electron chi connectivity index (χ1n) is 5.96. The molecule has 0 bridgehead atoms. The van der Waals surface area contributed by atoms with Crippen LogP contribution in [0.1, 0.15) is 30.1 Å². The Kier molecular flexibility index (Phi) is 3.32. The fourth-order valence-corrected chi connectivity index (χ4v) is 2.09. The normalized spacial score (nSPS) is 18.4. The predicted octanol–water partition coefficient (Wildman–Crippen LogP) is 1.41. The maximum atomic E-state index is 12.1. The van der Waals surface area contributed by atoms with Crippen molar-refractivity contribution in [2.45, 2.75) is 19.8 Å². The van der Waals surface area contributed by atoms with Gasteiger partial charge >= 0.3 is 5.97 Å². The highest BCUT2D eigenvalue weighted by molar-refractivity contribution is 5.94. The number of likely N-dealkylation sites (tertiary alicyclic amines) is 1. The first-order valence-corrected chi connectivity index (χ1v) is 5.96. The predicted molar refractivity (Wildman–Crippen MR) is 65.1 cm³/mol. The third kappa shape index (κ3) is 2.34. The largest absolute Gasteiger partial charge is 0.481 e. The van der Waals surface area contributed by atoms with Gasteiger partial charge in [-0.25, -0.2) is 0 Å². The van der Waals surface area contributed by atoms with Gasteiger partial charge < -0.3 is 10.0 Å². The average Bonchev–Trinajstić information content (AvgIpc) is 2.40. The zero-order valence-electron chi connectivity index (χ0n) is 10.3. The van der Waals surface area contributed by atoms with Crippen LogP contribution in [0.2, 0.25) is 0 Å². The molecule has 0 aliphatic carbocycles. The van der Waals surface area contributed by atoms with E-state index in [1.807, 2.05) is 0 Å². The fourth-order valence-electron chi connectivity index (χ4n) is 2.09. The second kappa shape index (κ2) is 4.76. The molecule has 1 N–H and O–H groups in total. The molecule has 1 aliphatic heterocycles. The summed E-state index contributed by atoms with van der Waals surface area (Å²) in [4.78, 5) is 28.8. The van der Waals surface area contributed by atoms with Gasteiger partial charge in [0.25, 0.3) is 5.91 Å². The quantitative estimate of drug-likeness (QED) is 0.859. The molecular weight excluding hydrogens is 232 g/mol. The summed E-state index contributed by atoms with van der Waals surface area (Å²) in [6.45, 7) is 2.70. The minimum absolute atomic E-state index is 0.0736. The lowest BCUT2D eigenvalue weighted by Gasteiger charge is -2.36. The van der Waals surface area contributed by atoms with Crippen molar-refractivity contribution in [2.75, 3.05) is 13.1 Å². The van der Waals surface area contributed by atoms with Crippen LogP contribution in [0.5, 0.6) is 0 Å². The molecule has 1 fully saturated rings. The molecule has 2 rings (SSSR count). The van der Waals surface area contributed by atoms with E-state index in [0.29, 0.717) is 31.5 Å². The lowest BCUT2D eigenvalue weighted by Crippen LogP contribution is -2.45. The van der Waals surface area contributed by atoms with Crippen LogP contribution >= 0.6 is 0 Å². The van der Waals surface area contributed by atoms with E-state index in [9.17, 15) is 9.59 Å². The number of nitrogens with zero attached hydrogens (tertiary/aromatic N) is 2. The Hall–Kier alpha value is -1.91. The van der Waals surface area contributed by atoms with Crippen molar-refractivity contribution in [3.63, 3.8) is 0 Å². The molecular formula is C13H16N2O3. The molecule has 5 heteroatoms. The first-order chi connectivity index (χ1) is 8.53. The van der Waals surface area contributed by atoms with Crippen LogP contribution < -0.4 is 0 Å². The Bertz CT molecular complexity index is 451. The van der Waals surface area contributed by atoms with Crippen LogP contribution in [0.25, 0.3) is 0 Å². The number of aliphatic carboxylic acids is 1. The molecule has 0 radical (unpaired) electrons. The molecule has 18 heavy (non-hydrogen) atoms. The number of carbonyl (C=O) groups excluding carboxylic acids is 1. The lowest BCUT2D eigenvalue weighted by atomic mass is 9.80. The molecule has 0 unspecified atom stereocenters. The Morgan fingerprint density at radius 1 is 1.39 bits per heavy atom. The number of piperidine rings is 1. The van der Waals surface area contributed by atoms with Crippen LogP contribution in [-0.4, -0.2) is 40.0 Å². The zero-order valence-corrected chi connectivity index (χ0v) is 10.3. The molecule has 96 valence electrons. The monoisotopic (exact) mass is 248 g/mol. The number of carboxylic acids is 1. The molecule has 1 saturated heterocycles. The molecule has 0 aromatic carbocycles. The number of carboxylic acid groups (broad SMARTS) is 1. The molecule has 1 aliphatic rings. The summed E-state index contributed by atoms with van der Waals surface area (Å²) >= 11 is 0. The van der Waals surface area contributed by atoms with E-state index in [-0.39, 0.29) is 5.91 Å². The number of pyridine rings is 1. The van der Waals surface area contributed by atoms with E-state index in [2.05, 4.69) is 4.98 Å². The molecule has 0 atom stereocenters. The maximum absolute atomic E-state index is 12.1. The minimum Gasteiger partial charge on any atom is -0.481 e. The van der Waals surface area contributed by atoms with Crippen LogP contribution in [0.3, 0.4) is 0 Å². The summed E-state index contributed by atoms with van der Waals surface area (Å²) < 4.78 is 0. The highest BCUT2D eigenvalue weighted by Gasteiger charge is 2.38. The maximum Gasteiger partial charge on any atom is 0.309 e. The fraction of sp³-hybridized carbons (Fsp3) is 0.462. The van der Waals surface area contributed by atoms with Gasteiger partial charge in [-0.05, 0) is 31.9 Å². The van der Waals surface area contributed by atoms with E-state index >= 15 is 0 Å². The van der Waals surface area contributed by atoms with Gasteiger partial charge in [-0.15, -0.1) is 0 Å². The molecule has 5 nitrogen and oxygen atoms in total. The van der Waals surface area contributed by atoms with Gasteiger partial charge in [0.2, 0.25) is 0 Å². The van der Waals surface area contributed by atoms with Crippen molar-refractivity contribution >= 4 is 11.9 Å². The third-order valence-corrected chi connectivity index (χ3v) is 3.58. The zero-order chi connectivity index (χ0) is 13.2. The van der Waals surface area contributed by atoms with Crippen molar-refractivity contribution in [2.24, 2.45) is 5.41 Å². The minimum atomic E-state index is -0.782. The van der Waals surface area contributed by atoms with Crippen LogP contribution in [-0.2, 0) is 4.79 Å². The number of aromatic nitrogens is 1. The lowest BCUT2D eigenvalue weighted by molar-refractivity contribution is -0.150. The molecule has 1 amide bonds. The molecule has 1 aromatic rings. The van der Waals surface area contributed by atoms with Gasteiger partial charge in [-0.2, -0.15) is 0 Å². The third-order valence-electron chi connectivity index (χ3n) is 3.58. The number of hydrogen-bond acceptors (Lipinski definition) is 3. The van der Waals surface area contributed by atoms with Crippen molar-refractivity contribution in [1.82, 2.24) is 9.88 Å². The number of rotatable bonds is 2. The van der Waals surface area contributed by atoms with Gasteiger partial charge in [0.1, 0.15) is 0 Å². The SMILES string of the molecule is CC1(C(=O)O)CCN(C(=O)c2cccnc2)CC1. The van der Waals surface area contributed by atoms with Crippen molar-refractivity contribution < 1.29 is 14.7 Å². The number of carbonyl (C=O) groups is 2. The Morgan fingerprint density at radius 2 is 2.06 bits per heavy atom. The molecule has 1 aromatic heterocycles. The summed E-state index contributed by atoms with van der Waals surface area (Å²) in [6, 6.07) is 3.44. The second-order valence-electron chi connectivity index (χ2n) is 4.90. The van der Waals surface area contributed by atoms with Crippen molar-refractivity contribution in [3.8, 4) is 0 Å². The summed E-state index contributed by atoms with van der Waals surface area (Å²) in [5.74, 6) is -0.855. The Balaban J connectivity index is 2.03. The standard InChI is InChI=1S/C13H16N2O3/c1-13(12(17)18)4-7-15(8-5-13)11(16)10-3-2-6-14-9-10/h2-3,6,9H,4-5,7-8H2,1H3,(H,17,18). The topological polar surface area (TPSA) is 70.5 Å². The van der Waals surface area contributed by atoms with Crippen LogP contribution in [0, 0.1) is 5.41 Å². The van der Waals surface area contributed by atoms with E-state index in [4.69, 9.17) is 5.11 Å². The van der Waals surface area contributed by atoms with Gasteiger partial charge in [-0.3, -0.25) is 14.6 Å². The Labute approximate surface area is 105 Å². The van der Waals surface area contributed by atoms with Gasteiger partial charge in [0, 0.05) is 25.5 Å². The second-order valence-corrected chi connectivity index (χ2v) is 4.90. The number of hydrogen-bond donors (Lipinski definition) is 1. The molecule has 0 saturated carbocycles. The molecule has 2 heterocycles. The van der Waals surface area contributed by atoms with E-state index < -0.39 is 11.4 Å². The summed E-state index contributed by atoms with van der Waals surface area (Å²) in [5.41, 5.74) is -0.150. The van der Waals surface area contributed by atoms with Gasteiger partial charge in [0.15, 0.2) is 0 Å². The number of amides is 1. The van der Waals surface area contributed by atoms with Crippen LogP contribution in [0.15, 0.2) is 24.5 Å². The van der Waals surface area contributed by atoms with Gasteiger partial charge in [0.05, 0.1) is 11.0 Å². The first kappa shape index (κ1) is 12.5.